The predicted octanol–water partition coefficient (Wildman–Crippen LogP) is 4.65. The minimum Gasteiger partial charge on any atom is -0.324 e. The largest absolute Gasteiger partial charge is 0.324 e. The van der Waals surface area contributed by atoms with Gasteiger partial charge in [-0.2, -0.15) is 0 Å². The zero-order valence-electron chi connectivity index (χ0n) is 10.2. The van der Waals surface area contributed by atoms with Gasteiger partial charge < -0.3 is 5.73 Å². The maximum atomic E-state index is 6.25. The van der Waals surface area contributed by atoms with E-state index in [-0.39, 0.29) is 6.04 Å². The van der Waals surface area contributed by atoms with Crippen molar-refractivity contribution in [2.24, 2.45) is 5.73 Å². The Labute approximate surface area is 121 Å². The van der Waals surface area contributed by atoms with Gasteiger partial charge in [-0.3, -0.25) is 0 Å². The molecule has 0 saturated carbocycles. The van der Waals surface area contributed by atoms with Crippen molar-refractivity contribution in [1.29, 1.82) is 0 Å². The number of hydrogen-bond donors (Lipinski definition) is 1. The van der Waals surface area contributed by atoms with Gasteiger partial charge >= 0.3 is 0 Å². The summed E-state index contributed by atoms with van der Waals surface area (Å²) >= 11 is 9.48. The fraction of sp³-hybridized carbons (Fsp3) is 0.200. The van der Waals surface area contributed by atoms with E-state index in [0.29, 0.717) is 5.02 Å². The van der Waals surface area contributed by atoms with Crippen LogP contribution in [-0.4, -0.2) is 0 Å². The first-order chi connectivity index (χ1) is 8.56. The minimum atomic E-state index is -0.0406. The van der Waals surface area contributed by atoms with Gasteiger partial charge in [0.2, 0.25) is 0 Å². The average Bonchev–Trinajstić information content (AvgIpc) is 2.31. The number of halogens is 2. The summed E-state index contributed by atoms with van der Waals surface area (Å²) in [7, 11) is 0. The molecular formula is C15H15BrClN. The van der Waals surface area contributed by atoms with Gasteiger partial charge in [0.05, 0.1) is 0 Å². The second-order valence-corrected chi connectivity index (χ2v) is 5.79. The van der Waals surface area contributed by atoms with Crippen LogP contribution in [0.3, 0.4) is 0 Å². The molecule has 0 saturated heterocycles. The third kappa shape index (κ3) is 3.35. The van der Waals surface area contributed by atoms with E-state index < -0.39 is 0 Å². The summed E-state index contributed by atoms with van der Waals surface area (Å²) in [6.45, 7) is 2.11. The lowest BCUT2D eigenvalue weighted by Crippen LogP contribution is -2.14. The molecule has 2 N–H and O–H groups in total. The van der Waals surface area contributed by atoms with Crippen LogP contribution < -0.4 is 5.73 Å². The summed E-state index contributed by atoms with van der Waals surface area (Å²) in [4.78, 5) is 0. The maximum absolute atomic E-state index is 6.25. The maximum Gasteiger partial charge on any atom is 0.0420 e. The van der Waals surface area contributed by atoms with E-state index >= 15 is 0 Å². The molecule has 0 aliphatic carbocycles. The highest BCUT2D eigenvalue weighted by Gasteiger charge is 2.10. The summed E-state index contributed by atoms with van der Waals surface area (Å²) in [6.07, 6.45) is 0.819. The van der Waals surface area contributed by atoms with Gasteiger partial charge in [-0.25, -0.2) is 0 Å². The summed E-state index contributed by atoms with van der Waals surface area (Å²) in [5.41, 5.74) is 9.86. The van der Waals surface area contributed by atoms with Crippen molar-refractivity contribution in [3.05, 3.63) is 68.7 Å². The summed E-state index contributed by atoms with van der Waals surface area (Å²) < 4.78 is 0.963. The Balaban J connectivity index is 2.22. The molecule has 0 aliphatic heterocycles. The van der Waals surface area contributed by atoms with Crippen LogP contribution in [0.1, 0.15) is 22.7 Å². The van der Waals surface area contributed by atoms with Crippen molar-refractivity contribution in [1.82, 2.24) is 0 Å². The molecule has 2 aromatic rings. The highest BCUT2D eigenvalue weighted by atomic mass is 79.9. The molecule has 94 valence electrons. The van der Waals surface area contributed by atoms with Gasteiger partial charge in [0.15, 0.2) is 0 Å². The van der Waals surface area contributed by atoms with Crippen molar-refractivity contribution in [2.45, 2.75) is 19.4 Å². The first kappa shape index (κ1) is 13.6. The van der Waals surface area contributed by atoms with Crippen molar-refractivity contribution >= 4 is 27.5 Å². The van der Waals surface area contributed by atoms with Crippen LogP contribution in [0.5, 0.6) is 0 Å². The zero-order valence-corrected chi connectivity index (χ0v) is 12.5. The Kier molecular flexibility index (Phi) is 4.44. The van der Waals surface area contributed by atoms with Crippen LogP contribution in [0.15, 0.2) is 46.9 Å². The predicted molar refractivity (Wildman–Crippen MR) is 81.0 cm³/mol. The monoisotopic (exact) mass is 323 g/mol. The van der Waals surface area contributed by atoms with Gasteiger partial charge in [0.1, 0.15) is 0 Å². The molecule has 0 spiro atoms. The Morgan fingerprint density at radius 2 is 1.94 bits per heavy atom. The standard InChI is InChI=1S/C15H15BrClN/c1-10-4-2-3-5-11(10)8-15(18)12-6-13(16)9-14(17)7-12/h2-7,9,15H,8,18H2,1H3. The Bertz CT molecular complexity index is 534. The lowest BCUT2D eigenvalue weighted by atomic mass is 9.97. The molecule has 0 heterocycles. The first-order valence-corrected chi connectivity index (χ1v) is 6.99. The van der Waals surface area contributed by atoms with Crippen molar-refractivity contribution < 1.29 is 0 Å². The molecule has 1 unspecified atom stereocenters. The molecule has 2 aromatic carbocycles. The molecule has 3 heteroatoms. The molecule has 0 aromatic heterocycles. The fourth-order valence-corrected chi connectivity index (χ4v) is 2.87. The lowest BCUT2D eigenvalue weighted by Gasteiger charge is -2.14. The summed E-state index contributed by atoms with van der Waals surface area (Å²) in [5.74, 6) is 0. The number of hydrogen-bond acceptors (Lipinski definition) is 1. The highest BCUT2D eigenvalue weighted by molar-refractivity contribution is 9.10. The third-order valence-corrected chi connectivity index (χ3v) is 3.69. The molecule has 0 fully saturated rings. The first-order valence-electron chi connectivity index (χ1n) is 5.82. The lowest BCUT2D eigenvalue weighted by molar-refractivity contribution is 0.718. The molecule has 0 aliphatic rings. The van der Waals surface area contributed by atoms with E-state index in [9.17, 15) is 0 Å². The smallest absolute Gasteiger partial charge is 0.0420 e. The Morgan fingerprint density at radius 1 is 1.22 bits per heavy atom. The van der Waals surface area contributed by atoms with Crippen LogP contribution in [-0.2, 0) is 6.42 Å². The van der Waals surface area contributed by atoms with Crippen LogP contribution in [0, 0.1) is 6.92 Å². The van der Waals surface area contributed by atoms with Crippen LogP contribution >= 0.6 is 27.5 Å². The van der Waals surface area contributed by atoms with Crippen LogP contribution in [0.4, 0.5) is 0 Å². The van der Waals surface area contributed by atoms with E-state index in [1.165, 1.54) is 11.1 Å². The molecule has 0 amide bonds. The highest BCUT2D eigenvalue weighted by Crippen LogP contribution is 2.25. The molecular weight excluding hydrogens is 310 g/mol. The van der Waals surface area contributed by atoms with Gasteiger partial charge in [-0.05, 0) is 48.2 Å². The third-order valence-electron chi connectivity index (χ3n) is 3.01. The minimum absolute atomic E-state index is 0.0406. The van der Waals surface area contributed by atoms with Crippen LogP contribution in [0.2, 0.25) is 5.02 Å². The van der Waals surface area contributed by atoms with Gasteiger partial charge in [-0.15, -0.1) is 0 Å². The van der Waals surface area contributed by atoms with E-state index in [4.69, 9.17) is 17.3 Å². The van der Waals surface area contributed by atoms with Crippen LogP contribution in [0.25, 0.3) is 0 Å². The Hall–Kier alpha value is -0.830. The van der Waals surface area contributed by atoms with E-state index in [2.05, 4.69) is 35.0 Å². The van der Waals surface area contributed by atoms with Gasteiger partial charge in [0.25, 0.3) is 0 Å². The van der Waals surface area contributed by atoms with E-state index in [1.54, 1.807) is 0 Å². The van der Waals surface area contributed by atoms with Gasteiger partial charge in [-0.1, -0.05) is 51.8 Å². The second kappa shape index (κ2) is 5.87. The van der Waals surface area contributed by atoms with Crippen molar-refractivity contribution in [2.75, 3.05) is 0 Å². The Morgan fingerprint density at radius 3 is 2.61 bits per heavy atom. The van der Waals surface area contributed by atoms with E-state index in [0.717, 1.165) is 16.5 Å². The number of rotatable bonds is 3. The van der Waals surface area contributed by atoms with Gasteiger partial charge in [0, 0.05) is 15.5 Å². The van der Waals surface area contributed by atoms with Crippen molar-refractivity contribution in [3.8, 4) is 0 Å². The molecule has 1 atom stereocenters. The molecule has 0 bridgehead atoms. The molecule has 1 nitrogen and oxygen atoms in total. The molecule has 2 rings (SSSR count). The second-order valence-electron chi connectivity index (χ2n) is 4.44. The number of benzene rings is 2. The topological polar surface area (TPSA) is 26.0 Å². The molecule has 18 heavy (non-hydrogen) atoms. The number of aryl methyl sites for hydroxylation is 1. The average molecular weight is 325 g/mol. The SMILES string of the molecule is Cc1ccccc1CC(N)c1cc(Cl)cc(Br)c1. The quantitative estimate of drug-likeness (QED) is 0.873. The normalized spacial score (nSPS) is 12.4. The summed E-state index contributed by atoms with van der Waals surface area (Å²) in [6, 6.07) is 14.1. The molecule has 0 radical (unpaired) electrons. The zero-order chi connectivity index (χ0) is 13.1. The fourth-order valence-electron chi connectivity index (χ4n) is 1.98. The summed E-state index contributed by atoms with van der Waals surface area (Å²) in [5, 5.41) is 0.708. The van der Waals surface area contributed by atoms with E-state index in [1.807, 2.05) is 30.3 Å². The number of nitrogens with two attached hydrogens (primary N) is 1. The van der Waals surface area contributed by atoms with Crippen molar-refractivity contribution in [3.63, 3.8) is 0 Å².